The number of carbonyl (C=O) groups excluding carboxylic acids is 2. The number of hydrogen-bond donors (Lipinski definition) is 3. The number of aromatic amines is 2. The van der Waals surface area contributed by atoms with Gasteiger partial charge in [0.2, 0.25) is 5.91 Å². The molecule has 7 nitrogen and oxygen atoms in total. The lowest BCUT2D eigenvalue weighted by Gasteiger charge is -2.17. The smallest absolute Gasteiger partial charge is 0.225 e. The third-order valence-corrected chi connectivity index (χ3v) is 6.93. The number of benzene rings is 2. The van der Waals surface area contributed by atoms with E-state index in [1.54, 1.807) is 0 Å². The fourth-order valence-electron chi connectivity index (χ4n) is 4.83. The first-order valence-electron chi connectivity index (χ1n) is 13.6. The lowest BCUT2D eigenvalue weighted by Crippen LogP contribution is -2.30. The SMILES string of the molecule is CCOc1ccc2[nH]c(C)c(CC(=O)N[C@@H](CCCCCC(=O)CC)c3ncc(-c4ccccc4)[nH]3)c2c1. The van der Waals surface area contributed by atoms with Crippen LogP contribution in [0.15, 0.2) is 54.7 Å². The van der Waals surface area contributed by atoms with Crippen LogP contribution in [0.1, 0.15) is 75.5 Å². The molecule has 1 atom stereocenters. The van der Waals surface area contributed by atoms with Crippen molar-refractivity contribution in [3.63, 3.8) is 0 Å². The second kappa shape index (κ2) is 13.1. The number of H-pyrrole nitrogens is 2. The quantitative estimate of drug-likeness (QED) is 0.165. The Morgan fingerprint density at radius 1 is 1.03 bits per heavy atom. The molecule has 0 saturated heterocycles. The molecule has 0 aliphatic heterocycles. The number of rotatable bonds is 14. The Morgan fingerprint density at radius 3 is 2.61 bits per heavy atom. The Hall–Kier alpha value is -3.87. The number of amides is 1. The number of hydrogen-bond acceptors (Lipinski definition) is 4. The summed E-state index contributed by atoms with van der Waals surface area (Å²) in [4.78, 5) is 36.5. The van der Waals surface area contributed by atoms with Crippen LogP contribution in [0, 0.1) is 6.92 Å². The zero-order valence-electron chi connectivity index (χ0n) is 22.6. The van der Waals surface area contributed by atoms with E-state index in [0.717, 1.165) is 70.7 Å². The highest BCUT2D eigenvalue weighted by atomic mass is 16.5. The lowest BCUT2D eigenvalue weighted by atomic mass is 10.0. The first-order chi connectivity index (χ1) is 18.5. The molecule has 0 unspecified atom stereocenters. The number of aromatic nitrogens is 3. The molecule has 0 bridgehead atoms. The summed E-state index contributed by atoms with van der Waals surface area (Å²) in [5.74, 6) is 1.79. The van der Waals surface area contributed by atoms with Crippen molar-refractivity contribution in [3.05, 3.63) is 71.8 Å². The average molecular weight is 515 g/mol. The van der Waals surface area contributed by atoms with Crippen molar-refractivity contribution in [2.45, 2.75) is 71.8 Å². The zero-order chi connectivity index (χ0) is 26.9. The molecule has 1 amide bonds. The Balaban J connectivity index is 1.49. The Labute approximate surface area is 224 Å². The van der Waals surface area contributed by atoms with Crippen molar-refractivity contribution in [1.29, 1.82) is 0 Å². The third kappa shape index (κ3) is 6.91. The first kappa shape index (κ1) is 27.2. The van der Waals surface area contributed by atoms with Crippen molar-refractivity contribution in [2.24, 2.45) is 0 Å². The maximum Gasteiger partial charge on any atom is 0.225 e. The number of imidazole rings is 1. The molecule has 38 heavy (non-hydrogen) atoms. The summed E-state index contributed by atoms with van der Waals surface area (Å²) in [7, 11) is 0. The van der Waals surface area contributed by atoms with E-state index in [4.69, 9.17) is 4.74 Å². The second-order valence-corrected chi connectivity index (χ2v) is 9.71. The summed E-state index contributed by atoms with van der Waals surface area (Å²) >= 11 is 0. The molecule has 0 saturated carbocycles. The number of nitrogens with one attached hydrogen (secondary N) is 3. The molecular formula is C31H38N4O3. The van der Waals surface area contributed by atoms with Gasteiger partial charge in [0.05, 0.1) is 31.0 Å². The number of ether oxygens (including phenoxy) is 1. The lowest BCUT2D eigenvalue weighted by molar-refractivity contribution is -0.121. The molecule has 2 heterocycles. The van der Waals surface area contributed by atoms with Gasteiger partial charge >= 0.3 is 0 Å². The summed E-state index contributed by atoms with van der Waals surface area (Å²) in [6, 6.07) is 15.7. The van der Waals surface area contributed by atoms with E-state index in [0.29, 0.717) is 25.2 Å². The van der Waals surface area contributed by atoms with Gasteiger partial charge in [-0.25, -0.2) is 4.98 Å². The molecule has 2 aromatic carbocycles. The van der Waals surface area contributed by atoms with Crippen LogP contribution in [0.4, 0.5) is 0 Å². The number of fused-ring (bicyclic) bond motifs is 1. The van der Waals surface area contributed by atoms with Gasteiger partial charge in [0.1, 0.15) is 17.4 Å². The molecule has 0 spiro atoms. The first-order valence-corrected chi connectivity index (χ1v) is 13.6. The molecule has 0 fully saturated rings. The molecule has 3 N–H and O–H groups in total. The predicted molar refractivity (Wildman–Crippen MR) is 151 cm³/mol. The number of ketones is 1. The van der Waals surface area contributed by atoms with Crippen LogP contribution in [-0.4, -0.2) is 33.2 Å². The van der Waals surface area contributed by atoms with Crippen LogP contribution in [0.2, 0.25) is 0 Å². The van der Waals surface area contributed by atoms with Gasteiger partial charge in [0.25, 0.3) is 0 Å². The van der Waals surface area contributed by atoms with E-state index >= 15 is 0 Å². The Morgan fingerprint density at radius 2 is 1.84 bits per heavy atom. The van der Waals surface area contributed by atoms with Crippen LogP contribution in [0.3, 0.4) is 0 Å². The van der Waals surface area contributed by atoms with Crippen LogP contribution in [-0.2, 0) is 16.0 Å². The van der Waals surface area contributed by atoms with E-state index in [1.165, 1.54) is 0 Å². The van der Waals surface area contributed by atoms with Gasteiger partial charge in [-0.05, 0) is 56.0 Å². The van der Waals surface area contributed by atoms with Crippen LogP contribution in [0.25, 0.3) is 22.2 Å². The summed E-state index contributed by atoms with van der Waals surface area (Å²) in [5, 5.41) is 4.24. The van der Waals surface area contributed by atoms with Gasteiger partial charge in [-0.1, -0.05) is 50.1 Å². The molecule has 2 aromatic heterocycles. The van der Waals surface area contributed by atoms with Crippen LogP contribution in [0.5, 0.6) is 5.75 Å². The molecule has 0 aliphatic rings. The van der Waals surface area contributed by atoms with Gasteiger partial charge < -0.3 is 20.0 Å². The molecule has 200 valence electrons. The zero-order valence-corrected chi connectivity index (χ0v) is 22.6. The monoisotopic (exact) mass is 514 g/mol. The van der Waals surface area contributed by atoms with Crippen molar-refractivity contribution in [1.82, 2.24) is 20.3 Å². The van der Waals surface area contributed by atoms with Gasteiger partial charge in [0.15, 0.2) is 0 Å². The minimum Gasteiger partial charge on any atom is -0.494 e. The van der Waals surface area contributed by atoms with Crippen molar-refractivity contribution in [3.8, 4) is 17.0 Å². The third-order valence-electron chi connectivity index (χ3n) is 6.93. The fourth-order valence-corrected chi connectivity index (χ4v) is 4.83. The summed E-state index contributed by atoms with van der Waals surface area (Å²) in [5.41, 5.74) is 4.91. The molecule has 4 aromatic rings. The summed E-state index contributed by atoms with van der Waals surface area (Å²) in [6.45, 7) is 6.45. The molecule has 4 rings (SSSR count). The van der Waals surface area contributed by atoms with Crippen LogP contribution >= 0.6 is 0 Å². The Bertz CT molecular complexity index is 1360. The van der Waals surface area contributed by atoms with E-state index in [2.05, 4.69) is 20.3 Å². The van der Waals surface area contributed by atoms with Gasteiger partial charge in [-0.2, -0.15) is 0 Å². The minimum atomic E-state index is -0.244. The maximum atomic E-state index is 13.4. The van der Waals surface area contributed by atoms with Crippen LogP contribution < -0.4 is 10.1 Å². The summed E-state index contributed by atoms with van der Waals surface area (Å²) in [6.07, 6.45) is 6.74. The highest BCUT2D eigenvalue weighted by molar-refractivity contribution is 5.91. The highest BCUT2D eigenvalue weighted by Gasteiger charge is 2.20. The molecule has 7 heteroatoms. The average Bonchev–Trinajstić information content (AvgIpc) is 3.53. The number of aryl methyl sites for hydroxylation is 1. The molecule has 0 aliphatic carbocycles. The van der Waals surface area contributed by atoms with Crippen molar-refractivity contribution < 1.29 is 14.3 Å². The van der Waals surface area contributed by atoms with Crippen molar-refractivity contribution in [2.75, 3.05) is 6.61 Å². The highest BCUT2D eigenvalue weighted by Crippen LogP contribution is 2.28. The second-order valence-electron chi connectivity index (χ2n) is 9.71. The normalized spacial score (nSPS) is 12.0. The molecular weight excluding hydrogens is 476 g/mol. The van der Waals surface area contributed by atoms with E-state index in [-0.39, 0.29) is 18.4 Å². The fraction of sp³-hybridized carbons (Fsp3) is 0.387. The number of unbranched alkanes of at least 4 members (excludes halogenated alkanes) is 2. The van der Waals surface area contributed by atoms with Gasteiger partial charge in [0, 0.05) is 29.4 Å². The van der Waals surface area contributed by atoms with E-state index < -0.39 is 0 Å². The van der Waals surface area contributed by atoms with E-state index in [9.17, 15) is 9.59 Å². The minimum absolute atomic E-state index is 0.0559. The topological polar surface area (TPSA) is 99.9 Å². The van der Waals surface area contributed by atoms with Gasteiger partial charge in [-0.15, -0.1) is 0 Å². The van der Waals surface area contributed by atoms with Crippen molar-refractivity contribution >= 4 is 22.6 Å². The standard InChI is InChI=1S/C31H38N4O3/c1-4-23(36)14-10-7-11-15-28(31-32-20-29(35-31)22-12-8-6-9-13-22)34-30(37)19-25-21(3)33-27-17-16-24(38-5-2)18-26(25)27/h6,8-9,12-13,16-18,20,28,33H,4-5,7,10-11,14-15,19H2,1-3H3,(H,32,35)(H,34,37)/t28-/m0/s1. The summed E-state index contributed by atoms with van der Waals surface area (Å²) < 4.78 is 5.68. The molecule has 0 radical (unpaired) electrons. The van der Waals surface area contributed by atoms with Gasteiger partial charge in [-0.3, -0.25) is 9.59 Å². The Kier molecular flexibility index (Phi) is 9.35. The number of carbonyl (C=O) groups is 2. The number of nitrogens with zero attached hydrogens (tertiary/aromatic N) is 1. The van der Waals surface area contributed by atoms with E-state index in [1.807, 2.05) is 75.5 Å². The predicted octanol–water partition coefficient (Wildman–Crippen LogP) is 6.59. The largest absolute Gasteiger partial charge is 0.494 e. The maximum absolute atomic E-state index is 13.4. The number of Topliss-reactive ketones (excluding diaryl/α,β-unsaturated/α-hetero) is 1.